The van der Waals surface area contributed by atoms with Gasteiger partial charge in [-0.3, -0.25) is 9.59 Å². The summed E-state index contributed by atoms with van der Waals surface area (Å²) in [5, 5.41) is 1.30. The number of rotatable bonds is 4. The maximum absolute atomic E-state index is 12.3. The molecule has 0 aromatic rings. The molecule has 0 aliphatic carbocycles. The van der Waals surface area contributed by atoms with E-state index in [9.17, 15) is 31.5 Å². The van der Waals surface area contributed by atoms with Crippen LogP contribution in [0.1, 0.15) is 6.92 Å². The summed E-state index contributed by atoms with van der Waals surface area (Å²) in [7, 11) is 0. The number of primary amides is 1. The molecular formula is C7H9F5N2O2. The van der Waals surface area contributed by atoms with Crippen LogP contribution in [0, 0.1) is 5.92 Å². The third-order valence-corrected chi connectivity index (χ3v) is 1.72. The fraction of sp³-hybridized carbons (Fsp3) is 0.714. The number of amides is 2. The van der Waals surface area contributed by atoms with Crippen molar-refractivity contribution in [3.8, 4) is 0 Å². The van der Waals surface area contributed by atoms with Gasteiger partial charge in [-0.25, -0.2) is 0 Å². The van der Waals surface area contributed by atoms with E-state index in [1.165, 1.54) is 5.32 Å². The van der Waals surface area contributed by atoms with Gasteiger partial charge in [0.1, 0.15) is 5.92 Å². The predicted molar refractivity (Wildman–Crippen MR) is 42.4 cm³/mol. The molecule has 0 fully saturated rings. The number of nitrogens with two attached hydrogens (primary N) is 1. The number of nitrogens with one attached hydrogen (secondary N) is 1. The Morgan fingerprint density at radius 1 is 1.25 bits per heavy atom. The SMILES string of the molecule is C[C@@H](C(N)=O)C(=O)NCC(F)(F)C(F)(F)F. The van der Waals surface area contributed by atoms with Crippen LogP contribution >= 0.6 is 0 Å². The summed E-state index contributed by atoms with van der Waals surface area (Å²) in [6, 6.07) is 0. The van der Waals surface area contributed by atoms with E-state index in [1.54, 1.807) is 0 Å². The second-order valence-corrected chi connectivity index (χ2v) is 3.04. The van der Waals surface area contributed by atoms with Crippen LogP contribution in [0.25, 0.3) is 0 Å². The Bertz CT molecular complexity index is 289. The summed E-state index contributed by atoms with van der Waals surface area (Å²) >= 11 is 0. The van der Waals surface area contributed by atoms with Gasteiger partial charge in [0.2, 0.25) is 11.8 Å². The normalized spacial score (nSPS) is 14.4. The van der Waals surface area contributed by atoms with Gasteiger partial charge >= 0.3 is 12.1 Å². The number of hydrogen-bond acceptors (Lipinski definition) is 2. The molecule has 94 valence electrons. The first-order chi connectivity index (χ1) is 6.99. The molecule has 0 aliphatic heterocycles. The van der Waals surface area contributed by atoms with Crippen molar-refractivity contribution < 1.29 is 31.5 Å². The van der Waals surface area contributed by atoms with Gasteiger partial charge in [-0.15, -0.1) is 0 Å². The Kier molecular flexibility index (Phi) is 4.21. The quantitative estimate of drug-likeness (QED) is 0.559. The fourth-order valence-corrected chi connectivity index (χ4v) is 0.581. The van der Waals surface area contributed by atoms with Crippen molar-refractivity contribution in [1.29, 1.82) is 0 Å². The van der Waals surface area contributed by atoms with Crippen LogP contribution in [0.3, 0.4) is 0 Å². The molecule has 0 radical (unpaired) electrons. The smallest absolute Gasteiger partial charge is 0.369 e. The minimum atomic E-state index is -5.75. The van der Waals surface area contributed by atoms with E-state index in [1.807, 2.05) is 0 Å². The molecule has 0 bridgehead atoms. The monoisotopic (exact) mass is 248 g/mol. The molecule has 0 heterocycles. The Labute approximate surface area is 87.0 Å². The molecule has 1 atom stereocenters. The number of halogens is 5. The van der Waals surface area contributed by atoms with Gasteiger partial charge in [-0.2, -0.15) is 22.0 Å². The van der Waals surface area contributed by atoms with E-state index in [0.29, 0.717) is 0 Å². The van der Waals surface area contributed by atoms with Crippen LogP contribution in [0.2, 0.25) is 0 Å². The molecule has 9 heteroatoms. The van der Waals surface area contributed by atoms with Crippen molar-refractivity contribution in [3.63, 3.8) is 0 Å². The topological polar surface area (TPSA) is 72.2 Å². The summed E-state index contributed by atoms with van der Waals surface area (Å²) in [6.07, 6.45) is -5.75. The Hall–Kier alpha value is -1.41. The van der Waals surface area contributed by atoms with Crippen LogP contribution in [-0.4, -0.2) is 30.5 Å². The van der Waals surface area contributed by atoms with Gasteiger partial charge in [0.15, 0.2) is 0 Å². The Morgan fingerprint density at radius 2 is 1.69 bits per heavy atom. The Morgan fingerprint density at radius 3 is 2.00 bits per heavy atom. The lowest BCUT2D eigenvalue weighted by atomic mass is 10.1. The minimum Gasteiger partial charge on any atom is -0.369 e. The molecule has 0 spiro atoms. The number of hydrogen-bond donors (Lipinski definition) is 2. The maximum atomic E-state index is 12.3. The number of alkyl halides is 5. The van der Waals surface area contributed by atoms with Crippen molar-refractivity contribution >= 4 is 11.8 Å². The average Bonchev–Trinajstić information content (AvgIpc) is 2.11. The van der Waals surface area contributed by atoms with E-state index >= 15 is 0 Å². The molecule has 4 nitrogen and oxygen atoms in total. The zero-order valence-corrected chi connectivity index (χ0v) is 8.07. The van der Waals surface area contributed by atoms with E-state index in [2.05, 4.69) is 5.73 Å². The molecule has 2 amide bonds. The van der Waals surface area contributed by atoms with Crippen LogP contribution in [0.4, 0.5) is 22.0 Å². The summed E-state index contributed by atoms with van der Waals surface area (Å²) < 4.78 is 59.6. The largest absolute Gasteiger partial charge is 0.455 e. The third-order valence-electron chi connectivity index (χ3n) is 1.72. The maximum Gasteiger partial charge on any atom is 0.455 e. The summed E-state index contributed by atoms with van der Waals surface area (Å²) in [4.78, 5) is 21.3. The lowest BCUT2D eigenvalue weighted by molar-refractivity contribution is -0.278. The molecule has 0 unspecified atom stereocenters. The molecule has 0 aromatic carbocycles. The second-order valence-electron chi connectivity index (χ2n) is 3.04. The lowest BCUT2D eigenvalue weighted by Gasteiger charge is -2.20. The third kappa shape index (κ3) is 3.63. The van der Waals surface area contributed by atoms with Crippen molar-refractivity contribution in [2.75, 3.05) is 6.54 Å². The van der Waals surface area contributed by atoms with Crippen molar-refractivity contribution in [3.05, 3.63) is 0 Å². The Balaban J connectivity index is 4.37. The van der Waals surface area contributed by atoms with E-state index in [-0.39, 0.29) is 0 Å². The average molecular weight is 248 g/mol. The number of carbonyl (C=O) groups is 2. The zero-order chi connectivity index (χ0) is 13.1. The number of carbonyl (C=O) groups excluding carboxylic acids is 2. The lowest BCUT2D eigenvalue weighted by Crippen LogP contribution is -2.49. The van der Waals surface area contributed by atoms with Gasteiger partial charge < -0.3 is 11.1 Å². The molecule has 3 N–H and O–H groups in total. The van der Waals surface area contributed by atoms with Crippen molar-refractivity contribution in [2.24, 2.45) is 11.7 Å². The van der Waals surface area contributed by atoms with Crippen LogP contribution in [0.5, 0.6) is 0 Å². The molecule has 16 heavy (non-hydrogen) atoms. The molecule has 0 aliphatic rings. The van der Waals surface area contributed by atoms with Crippen molar-refractivity contribution in [1.82, 2.24) is 5.32 Å². The van der Waals surface area contributed by atoms with Crippen LogP contribution in [-0.2, 0) is 9.59 Å². The standard InChI is InChI=1S/C7H9F5N2O2/c1-3(4(13)15)5(16)14-2-6(8,9)7(10,11)12/h3H,2H2,1H3,(H2,13,15)(H,14,16)/t3-/m0/s1. The highest BCUT2D eigenvalue weighted by Crippen LogP contribution is 2.34. The highest BCUT2D eigenvalue weighted by molar-refractivity contribution is 5.99. The molecule has 0 saturated carbocycles. The van der Waals surface area contributed by atoms with Gasteiger partial charge in [-0.1, -0.05) is 0 Å². The van der Waals surface area contributed by atoms with E-state index in [4.69, 9.17) is 0 Å². The molecule has 0 saturated heterocycles. The van der Waals surface area contributed by atoms with Gasteiger partial charge in [-0.05, 0) is 6.92 Å². The second kappa shape index (κ2) is 4.62. The highest BCUT2D eigenvalue weighted by atomic mass is 19.4. The molecule has 0 rings (SSSR count). The van der Waals surface area contributed by atoms with Gasteiger partial charge in [0.05, 0.1) is 6.54 Å². The van der Waals surface area contributed by atoms with Crippen LogP contribution < -0.4 is 11.1 Å². The van der Waals surface area contributed by atoms with Crippen molar-refractivity contribution in [2.45, 2.75) is 19.0 Å². The summed E-state index contributed by atoms with van der Waals surface area (Å²) in [6.45, 7) is -0.934. The van der Waals surface area contributed by atoms with E-state index < -0.39 is 36.4 Å². The minimum absolute atomic E-state index is 0.989. The summed E-state index contributed by atoms with van der Waals surface area (Å²) in [5.74, 6) is -8.91. The molecule has 0 aromatic heterocycles. The fourth-order valence-electron chi connectivity index (χ4n) is 0.581. The molecular weight excluding hydrogens is 239 g/mol. The first-order valence-corrected chi connectivity index (χ1v) is 4.00. The first-order valence-electron chi connectivity index (χ1n) is 4.00. The van der Waals surface area contributed by atoms with E-state index in [0.717, 1.165) is 6.92 Å². The zero-order valence-electron chi connectivity index (χ0n) is 8.07. The predicted octanol–water partition coefficient (Wildman–Crippen LogP) is 0.422. The first kappa shape index (κ1) is 14.6. The summed E-state index contributed by atoms with van der Waals surface area (Å²) in [5.41, 5.74) is 4.65. The van der Waals surface area contributed by atoms with Crippen LogP contribution in [0.15, 0.2) is 0 Å². The van der Waals surface area contributed by atoms with Gasteiger partial charge in [0, 0.05) is 0 Å². The highest BCUT2D eigenvalue weighted by Gasteiger charge is 2.57. The van der Waals surface area contributed by atoms with Gasteiger partial charge in [0.25, 0.3) is 0 Å².